The van der Waals surface area contributed by atoms with E-state index >= 15 is 0 Å². The average Bonchev–Trinajstić information content (AvgIpc) is 2.61. The van der Waals surface area contributed by atoms with Crippen LogP contribution in [0.2, 0.25) is 5.02 Å². The molecule has 0 saturated heterocycles. The van der Waals surface area contributed by atoms with Crippen LogP contribution in [0.15, 0.2) is 57.7 Å². The number of hydrogen-bond donors (Lipinski definition) is 1. The van der Waals surface area contributed by atoms with Crippen LogP contribution in [-0.2, 0) is 0 Å². The predicted molar refractivity (Wildman–Crippen MR) is 96.4 cm³/mol. The van der Waals surface area contributed by atoms with Gasteiger partial charge >= 0.3 is 5.63 Å². The SMILES string of the molecule is COc1ccc2oc(=O)c(C(=O)NC(C)c3ccc(Cl)cc3)cc2c1. The number of methoxy groups -OCH3 is 1. The maximum Gasteiger partial charge on any atom is 0.349 e. The Bertz CT molecular complexity index is 979. The van der Waals surface area contributed by atoms with Crippen molar-refractivity contribution >= 4 is 28.5 Å². The summed E-state index contributed by atoms with van der Waals surface area (Å²) in [5.41, 5.74) is 0.540. The number of carbonyl (C=O) groups is 1. The highest BCUT2D eigenvalue weighted by Crippen LogP contribution is 2.21. The Balaban J connectivity index is 1.89. The molecule has 0 aliphatic carbocycles. The molecule has 1 heterocycles. The summed E-state index contributed by atoms with van der Waals surface area (Å²) in [4.78, 5) is 24.6. The number of fused-ring (bicyclic) bond motifs is 1. The molecule has 0 fully saturated rings. The highest BCUT2D eigenvalue weighted by atomic mass is 35.5. The third-order valence-corrected chi connectivity index (χ3v) is 4.15. The zero-order chi connectivity index (χ0) is 18.0. The summed E-state index contributed by atoms with van der Waals surface area (Å²) in [5, 5.41) is 4.02. The van der Waals surface area contributed by atoms with Gasteiger partial charge in [0, 0.05) is 10.4 Å². The molecule has 3 aromatic rings. The molecule has 1 N–H and O–H groups in total. The van der Waals surface area contributed by atoms with Gasteiger partial charge in [-0.3, -0.25) is 4.79 Å². The first kappa shape index (κ1) is 17.0. The van der Waals surface area contributed by atoms with Crippen molar-refractivity contribution in [3.8, 4) is 5.75 Å². The topological polar surface area (TPSA) is 68.5 Å². The molecule has 1 amide bonds. The van der Waals surface area contributed by atoms with Crippen LogP contribution in [0.25, 0.3) is 11.0 Å². The lowest BCUT2D eigenvalue weighted by Gasteiger charge is -2.14. The Kier molecular flexibility index (Phi) is 4.76. The molecule has 25 heavy (non-hydrogen) atoms. The number of hydrogen-bond acceptors (Lipinski definition) is 4. The fraction of sp³-hybridized carbons (Fsp3) is 0.158. The highest BCUT2D eigenvalue weighted by Gasteiger charge is 2.17. The molecule has 0 aliphatic rings. The maximum absolute atomic E-state index is 12.5. The van der Waals surface area contributed by atoms with E-state index in [0.29, 0.717) is 21.7 Å². The van der Waals surface area contributed by atoms with Crippen molar-refractivity contribution in [3.63, 3.8) is 0 Å². The summed E-state index contributed by atoms with van der Waals surface area (Å²) in [6.45, 7) is 1.83. The second-order valence-electron chi connectivity index (χ2n) is 5.60. The van der Waals surface area contributed by atoms with Crippen LogP contribution in [-0.4, -0.2) is 13.0 Å². The van der Waals surface area contributed by atoms with Gasteiger partial charge in [0.1, 0.15) is 16.9 Å². The van der Waals surface area contributed by atoms with Gasteiger partial charge in [-0.25, -0.2) is 4.79 Å². The Morgan fingerprint density at radius 2 is 1.88 bits per heavy atom. The van der Waals surface area contributed by atoms with Gasteiger partial charge in [0.05, 0.1) is 13.2 Å². The molecule has 0 saturated carbocycles. The second-order valence-corrected chi connectivity index (χ2v) is 6.03. The lowest BCUT2D eigenvalue weighted by molar-refractivity contribution is 0.0936. The maximum atomic E-state index is 12.5. The van der Waals surface area contributed by atoms with Gasteiger partial charge < -0.3 is 14.5 Å². The number of benzene rings is 2. The van der Waals surface area contributed by atoms with E-state index in [2.05, 4.69) is 5.32 Å². The van der Waals surface area contributed by atoms with Crippen molar-refractivity contribution in [3.05, 3.63) is 75.1 Å². The van der Waals surface area contributed by atoms with E-state index < -0.39 is 11.5 Å². The smallest absolute Gasteiger partial charge is 0.349 e. The summed E-state index contributed by atoms with van der Waals surface area (Å²) < 4.78 is 10.4. The zero-order valence-electron chi connectivity index (χ0n) is 13.7. The van der Waals surface area contributed by atoms with Crippen molar-refractivity contribution in [2.24, 2.45) is 0 Å². The Morgan fingerprint density at radius 3 is 2.56 bits per heavy atom. The van der Waals surface area contributed by atoms with E-state index in [-0.39, 0.29) is 11.6 Å². The molecule has 0 spiro atoms. The first-order chi connectivity index (χ1) is 12.0. The van der Waals surface area contributed by atoms with E-state index in [1.807, 2.05) is 19.1 Å². The number of rotatable bonds is 4. The van der Waals surface area contributed by atoms with Gasteiger partial charge in [-0.05, 0) is 48.9 Å². The van der Waals surface area contributed by atoms with Gasteiger partial charge in [-0.15, -0.1) is 0 Å². The third-order valence-electron chi connectivity index (χ3n) is 3.90. The minimum absolute atomic E-state index is 0.0541. The van der Waals surface area contributed by atoms with Crippen molar-refractivity contribution in [2.75, 3.05) is 7.11 Å². The van der Waals surface area contributed by atoms with E-state index in [9.17, 15) is 9.59 Å². The number of ether oxygens (including phenoxy) is 1. The standard InChI is InChI=1S/C19H16ClNO4/c1-11(12-3-5-14(20)6-4-12)21-18(22)16-10-13-9-15(24-2)7-8-17(13)25-19(16)23/h3-11H,1-2H3,(H,21,22). The fourth-order valence-corrected chi connectivity index (χ4v) is 2.62. The number of nitrogens with one attached hydrogen (secondary N) is 1. The predicted octanol–water partition coefficient (Wildman–Crippen LogP) is 3.95. The molecular weight excluding hydrogens is 342 g/mol. The average molecular weight is 358 g/mol. The molecule has 5 nitrogen and oxygen atoms in total. The van der Waals surface area contributed by atoms with Crippen LogP contribution >= 0.6 is 11.6 Å². The summed E-state index contributed by atoms with van der Waals surface area (Å²) in [7, 11) is 1.54. The van der Waals surface area contributed by atoms with Crippen LogP contribution in [0.3, 0.4) is 0 Å². The summed E-state index contributed by atoms with van der Waals surface area (Å²) >= 11 is 5.87. The molecule has 6 heteroatoms. The molecule has 1 unspecified atom stereocenters. The molecule has 3 rings (SSSR count). The van der Waals surface area contributed by atoms with Gasteiger partial charge in [0.25, 0.3) is 5.91 Å². The quantitative estimate of drug-likeness (QED) is 0.718. The van der Waals surface area contributed by atoms with Crippen LogP contribution in [0.5, 0.6) is 5.75 Å². The Hall–Kier alpha value is -2.79. The van der Waals surface area contributed by atoms with Crippen molar-refractivity contribution in [2.45, 2.75) is 13.0 Å². The Labute approximate surface area is 149 Å². The first-order valence-electron chi connectivity index (χ1n) is 7.66. The van der Waals surface area contributed by atoms with Crippen molar-refractivity contribution in [1.29, 1.82) is 0 Å². The monoisotopic (exact) mass is 357 g/mol. The van der Waals surface area contributed by atoms with E-state index in [1.165, 1.54) is 6.07 Å². The summed E-state index contributed by atoms with van der Waals surface area (Å²) in [6, 6.07) is 13.4. The molecule has 2 aromatic carbocycles. The number of carbonyl (C=O) groups excluding carboxylic acids is 1. The van der Waals surface area contributed by atoms with E-state index in [0.717, 1.165) is 5.56 Å². The van der Waals surface area contributed by atoms with E-state index in [4.69, 9.17) is 20.8 Å². The molecule has 1 atom stereocenters. The lowest BCUT2D eigenvalue weighted by atomic mass is 10.1. The molecular formula is C19H16ClNO4. The van der Waals surface area contributed by atoms with Gasteiger partial charge in [0.2, 0.25) is 0 Å². The van der Waals surface area contributed by atoms with Gasteiger partial charge in [-0.2, -0.15) is 0 Å². The number of halogens is 1. The van der Waals surface area contributed by atoms with Crippen LogP contribution in [0.1, 0.15) is 28.9 Å². The Morgan fingerprint density at radius 1 is 1.16 bits per heavy atom. The molecule has 0 bridgehead atoms. The summed E-state index contributed by atoms with van der Waals surface area (Å²) in [6.07, 6.45) is 0. The van der Waals surface area contributed by atoms with Crippen LogP contribution in [0.4, 0.5) is 0 Å². The van der Waals surface area contributed by atoms with Crippen molar-refractivity contribution in [1.82, 2.24) is 5.32 Å². The van der Waals surface area contributed by atoms with Crippen molar-refractivity contribution < 1.29 is 13.9 Å². The lowest BCUT2D eigenvalue weighted by Crippen LogP contribution is -2.30. The van der Waals surface area contributed by atoms with E-state index in [1.54, 1.807) is 37.4 Å². The summed E-state index contributed by atoms with van der Waals surface area (Å²) in [5.74, 6) is 0.114. The minimum atomic E-state index is -0.682. The molecule has 0 aliphatic heterocycles. The fourth-order valence-electron chi connectivity index (χ4n) is 2.50. The molecule has 128 valence electrons. The number of amides is 1. The largest absolute Gasteiger partial charge is 0.497 e. The molecule has 1 aromatic heterocycles. The van der Waals surface area contributed by atoms with Gasteiger partial charge in [0.15, 0.2) is 0 Å². The molecule has 0 radical (unpaired) electrons. The first-order valence-corrected chi connectivity index (χ1v) is 8.04. The normalized spacial score (nSPS) is 12.0. The van der Waals surface area contributed by atoms with Gasteiger partial charge in [-0.1, -0.05) is 23.7 Å². The second kappa shape index (κ2) is 6.99. The zero-order valence-corrected chi connectivity index (χ0v) is 14.5. The minimum Gasteiger partial charge on any atom is -0.497 e. The van der Waals surface area contributed by atoms with Crippen LogP contribution < -0.4 is 15.7 Å². The third kappa shape index (κ3) is 3.67. The highest BCUT2D eigenvalue weighted by molar-refractivity contribution is 6.30. The van der Waals surface area contributed by atoms with Crippen LogP contribution in [0, 0.1) is 0 Å².